The van der Waals surface area contributed by atoms with Crippen LogP contribution in [0.4, 0.5) is 0 Å². The van der Waals surface area contributed by atoms with Crippen LogP contribution in [-0.2, 0) is 9.59 Å². The van der Waals surface area contributed by atoms with Crippen molar-refractivity contribution < 1.29 is 14.4 Å². The highest BCUT2D eigenvalue weighted by Crippen LogP contribution is 2.56. The maximum atomic E-state index is 13.5. The normalized spacial score (nSPS) is 22.5. The van der Waals surface area contributed by atoms with Crippen LogP contribution in [0.5, 0.6) is 0 Å². The number of fused-ring (bicyclic) bond motifs is 3. The maximum Gasteiger partial charge on any atom is 0.256 e. The quantitative estimate of drug-likeness (QED) is 0.639. The highest BCUT2D eigenvalue weighted by Gasteiger charge is 2.57. The second kappa shape index (κ2) is 9.23. The Labute approximate surface area is 189 Å². The second-order valence-electron chi connectivity index (χ2n) is 9.94. The van der Waals surface area contributed by atoms with E-state index in [9.17, 15) is 14.4 Å². The standard InChI is InChI=1S/C24H35N3O3S/c1-14(2)11-12-25-20(28)18(13-15(3)4)26-21(29)19-24(5,6)31-23-17-10-8-7-9-16(17)22(30)27(19)23/h7-10,14-15,18-19,23H,11-13H2,1-6H3,(H,25,28)(H,26,29)/t18-,19-,23-/m0/s1. The molecule has 6 nitrogen and oxygen atoms in total. The number of nitrogens with one attached hydrogen (secondary N) is 2. The van der Waals surface area contributed by atoms with Crippen molar-refractivity contribution in [2.45, 2.75) is 76.6 Å². The highest BCUT2D eigenvalue weighted by molar-refractivity contribution is 8.01. The summed E-state index contributed by atoms with van der Waals surface area (Å²) in [5.41, 5.74) is 1.63. The number of carbonyl (C=O) groups is 3. The van der Waals surface area contributed by atoms with Gasteiger partial charge in [-0.15, -0.1) is 11.8 Å². The molecule has 2 heterocycles. The molecule has 2 N–H and O–H groups in total. The minimum Gasteiger partial charge on any atom is -0.354 e. The van der Waals surface area contributed by atoms with Crippen molar-refractivity contribution >= 4 is 29.5 Å². The van der Waals surface area contributed by atoms with Crippen LogP contribution < -0.4 is 10.6 Å². The maximum absolute atomic E-state index is 13.5. The molecule has 1 saturated heterocycles. The molecule has 0 bridgehead atoms. The van der Waals surface area contributed by atoms with Crippen LogP contribution in [0.25, 0.3) is 0 Å². The van der Waals surface area contributed by atoms with Crippen LogP contribution in [0.15, 0.2) is 24.3 Å². The van der Waals surface area contributed by atoms with Crippen molar-refractivity contribution in [2.24, 2.45) is 11.8 Å². The van der Waals surface area contributed by atoms with Crippen molar-refractivity contribution in [2.75, 3.05) is 6.54 Å². The van der Waals surface area contributed by atoms with E-state index >= 15 is 0 Å². The summed E-state index contributed by atoms with van der Waals surface area (Å²) in [7, 11) is 0. The number of thioether (sulfide) groups is 1. The Bertz CT molecular complexity index is 852. The van der Waals surface area contributed by atoms with Crippen molar-refractivity contribution in [1.82, 2.24) is 15.5 Å². The van der Waals surface area contributed by atoms with Gasteiger partial charge in [-0.2, -0.15) is 0 Å². The number of benzene rings is 1. The number of carbonyl (C=O) groups excluding carboxylic acids is 3. The molecule has 3 amide bonds. The highest BCUT2D eigenvalue weighted by atomic mass is 32.2. The van der Waals surface area contributed by atoms with Gasteiger partial charge in [0.05, 0.1) is 0 Å². The Morgan fingerprint density at radius 1 is 1.13 bits per heavy atom. The first-order chi connectivity index (χ1) is 14.5. The summed E-state index contributed by atoms with van der Waals surface area (Å²) in [5.74, 6) is 0.220. The molecule has 7 heteroatoms. The zero-order valence-electron chi connectivity index (χ0n) is 19.4. The smallest absolute Gasteiger partial charge is 0.256 e. The molecule has 1 aromatic carbocycles. The molecular weight excluding hydrogens is 410 g/mol. The molecule has 2 aliphatic rings. The predicted molar refractivity (Wildman–Crippen MR) is 125 cm³/mol. The van der Waals surface area contributed by atoms with Crippen LogP contribution in [0, 0.1) is 11.8 Å². The largest absolute Gasteiger partial charge is 0.354 e. The second-order valence-corrected chi connectivity index (χ2v) is 11.7. The fourth-order valence-corrected chi connectivity index (χ4v) is 5.95. The molecule has 1 aromatic rings. The minimum atomic E-state index is -0.638. The van der Waals surface area contributed by atoms with Crippen LogP contribution in [0.3, 0.4) is 0 Å². The summed E-state index contributed by atoms with van der Waals surface area (Å²) >= 11 is 1.63. The van der Waals surface area contributed by atoms with Gasteiger partial charge in [0.25, 0.3) is 5.91 Å². The molecule has 0 saturated carbocycles. The van der Waals surface area contributed by atoms with Gasteiger partial charge in [0.1, 0.15) is 17.5 Å². The Kier molecular flexibility index (Phi) is 7.04. The third kappa shape index (κ3) is 4.92. The summed E-state index contributed by atoms with van der Waals surface area (Å²) in [6, 6.07) is 6.31. The first kappa shape index (κ1) is 23.6. The van der Waals surface area contributed by atoms with Crippen molar-refractivity contribution in [3.63, 3.8) is 0 Å². The van der Waals surface area contributed by atoms with Crippen LogP contribution in [0.2, 0.25) is 0 Å². The van der Waals surface area contributed by atoms with Crippen LogP contribution in [-0.4, -0.2) is 46.0 Å². The Balaban J connectivity index is 1.78. The molecule has 0 unspecified atom stereocenters. The molecule has 0 aromatic heterocycles. The molecule has 31 heavy (non-hydrogen) atoms. The van der Waals surface area contributed by atoms with Gasteiger partial charge in [0.2, 0.25) is 11.8 Å². The summed E-state index contributed by atoms with van der Waals surface area (Å²) in [6.07, 6.45) is 1.44. The summed E-state index contributed by atoms with van der Waals surface area (Å²) < 4.78 is -0.464. The number of hydrogen-bond acceptors (Lipinski definition) is 4. The number of nitrogens with zero attached hydrogens (tertiary/aromatic N) is 1. The number of amides is 3. The van der Waals surface area contributed by atoms with Gasteiger partial charge in [0.15, 0.2) is 0 Å². The van der Waals surface area contributed by atoms with Crippen molar-refractivity contribution in [3.8, 4) is 0 Å². The van der Waals surface area contributed by atoms with Gasteiger partial charge in [-0.25, -0.2) is 0 Å². The van der Waals surface area contributed by atoms with Gasteiger partial charge in [-0.1, -0.05) is 45.9 Å². The summed E-state index contributed by atoms with van der Waals surface area (Å²) in [5, 5.41) is 5.78. The third-order valence-electron chi connectivity index (χ3n) is 5.91. The zero-order chi connectivity index (χ0) is 22.9. The van der Waals surface area contributed by atoms with Crippen LogP contribution in [0.1, 0.15) is 75.7 Å². The molecule has 3 rings (SSSR count). The lowest BCUT2D eigenvalue weighted by Gasteiger charge is -2.31. The van der Waals surface area contributed by atoms with E-state index < -0.39 is 16.8 Å². The first-order valence-electron chi connectivity index (χ1n) is 11.2. The monoisotopic (exact) mass is 445 g/mol. The molecule has 0 aliphatic carbocycles. The molecule has 0 radical (unpaired) electrons. The van der Waals surface area contributed by atoms with E-state index in [-0.39, 0.29) is 29.0 Å². The Hall–Kier alpha value is -2.02. The Morgan fingerprint density at radius 2 is 1.81 bits per heavy atom. The van der Waals surface area contributed by atoms with Crippen molar-refractivity contribution in [1.29, 1.82) is 0 Å². The van der Waals surface area contributed by atoms with Gasteiger partial charge in [-0.05, 0) is 50.2 Å². The molecule has 1 fully saturated rings. The topological polar surface area (TPSA) is 78.5 Å². The van der Waals surface area contributed by atoms with Gasteiger partial charge < -0.3 is 15.5 Å². The average Bonchev–Trinajstić information content (AvgIpc) is 3.10. The van der Waals surface area contributed by atoms with Crippen molar-refractivity contribution in [3.05, 3.63) is 35.4 Å². The lowest BCUT2D eigenvalue weighted by molar-refractivity contribution is -0.132. The van der Waals surface area contributed by atoms with Gasteiger partial charge in [-0.3, -0.25) is 14.4 Å². The summed E-state index contributed by atoms with van der Waals surface area (Å²) in [4.78, 5) is 41.2. The lowest BCUT2D eigenvalue weighted by atomic mass is 9.98. The van der Waals surface area contributed by atoms with Gasteiger partial charge >= 0.3 is 0 Å². The van der Waals surface area contributed by atoms with E-state index in [2.05, 4.69) is 24.5 Å². The van der Waals surface area contributed by atoms with Crippen LogP contribution >= 0.6 is 11.8 Å². The Morgan fingerprint density at radius 3 is 2.45 bits per heavy atom. The SMILES string of the molecule is CC(C)CCNC(=O)[C@H](CC(C)C)NC(=O)[C@@H]1N2C(=O)c3ccccc3[C@@H]2SC1(C)C. The van der Waals surface area contributed by atoms with Gasteiger partial charge in [0, 0.05) is 16.9 Å². The number of rotatable bonds is 8. The van der Waals surface area contributed by atoms with E-state index in [4.69, 9.17) is 0 Å². The predicted octanol–water partition coefficient (Wildman–Crippen LogP) is 3.73. The zero-order valence-corrected chi connectivity index (χ0v) is 20.2. The van der Waals surface area contributed by atoms with E-state index in [0.717, 1.165) is 12.0 Å². The molecular formula is C24H35N3O3S. The molecule has 0 spiro atoms. The first-order valence-corrected chi connectivity index (χ1v) is 12.1. The van der Waals surface area contributed by atoms with E-state index in [1.165, 1.54) is 0 Å². The van der Waals surface area contributed by atoms with E-state index in [0.29, 0.717) is 24.4 Å². The van der Waals surface area contributed by atoms with E-state index in [1.807, 2.05) is 52.0 Å². The fourth-order valence-electron chi connectivity index (χ4n) is 4.37. The average molecular weight is 446 g/mol. The lowest BCUT2D eigenvalue weighted by Crippen LogP contribution is -2.57. The third-order valence-corrected chi connectivity index (χ3v) is 7.44. The molecule has 170 valence electrons. The fraction of sp³-hybridized carbons (Fsp3) is 0.625. The van der Waals surface area contributed by atoms with E-state index in [1.54, 1.807) is 16.7 Å². The summed E-state index contributed by atoms with van der Waals surface area (Å²) in [6.45, 7) is 12.9. The minimum absolute atomic E-state index is 0.111. The molecule has 3 atom stereocenters. The molecule has 2 aliphatic heterocycles. The number of hydrogen-bond donors (Lipinski definition) is 2.